The summed E-state index contributed by atoms with van der Waals surface area (Å²) in [5.74, 6) is -0.802. The molecule has 83 heavy (non-hydrogen) atoms. The van der Waals surface area contributed by atoms with Crippen LogP contribution in [0.1, 0.15) is 373 Å². The van der Waals surface area contributed by atoms with Gasteiger partial charge in [-0.3, -0.25) is 18.6 Å². The molecule has 10 heteroatoms. The number of hydrogen-bond donors (Lipinski definition) is 2. The van der Waals surface area contributed by atoms with Crippen LogP contribution in [0.15, 0.2) is 48.6 Å². The van der Waals surface area contributed by atoms with Crippen molar-refractivity contribution in [1.82, 2.24) is 0 Å². The van der Waals surface area contributed by atoms with Gasteiger partial charge in [-0.2, -0.15) is 0 Å². The lowest BCUT2D eigenvalue weighted by Crippen LogP contribution is -2.29. The number of rotatable bonds is 69. The lowest BCUT2D eigenvalue weighted by Gasteiger charge is -2.19. The third kappa shape index (κ3) is 68.9. The van der Waals surface area contributed by atoms with Gasteiger partial charge in [0.2, 0.25) is 0 Å². The van der Waals surface area contributed by atoms with Gasteiger partial charge in [0, 0.05) is 19.4 Å². The average molecular weight is 1190 g/mol. The fourth-order valence-electron chi connectivity index (χ4n) is 10.9. The summed E-state index contributed by atoms with van der Waals surface area (Å²) in [4.78, 5) is 35.3. The molecule has 0 aliphatic carbocycles. The number of carbonyl (C=O) groups excluding carboxylic acids is 2. The van der Waals surface area contributed by atoms with E-state index in [1.165, 1.54) is 283 Å². The van der Waals surface area contributed by atoms with Crippen molar-refractivity contribution >= 4 is 19.8 Å². The fraction of sp³-hybridized carbons (Fsp3) is 0.863. The quantitative estimate of drug-likeness (QED) is 0.0264. The van der Waals surface area contributed by atoms with Gasteiger partial charge in [0.25, 0.3) is 0 Å². The van der Waals surface area contributed by atoms with Crippen molar-refractivity contribution in [1.29, 1.82) is 0 Å². The van der Waals surface area contributed by atoms with Crippen molar-refractivity contribution in [2.45, 2.75) is 380 Å². The summed E-state index contributed by atoms with van der Waals surface area (Å²) in [5.41, 5.74) is 5.40. The average Bonchev–Trinajstić information content (AvgIpc) is 3.49. The first-order chi connectivity index (χ1) is 40.8. The maximum Gasteiger partial charge on any atom is 0.472 e. The summed E-state index contributed by atoms with van der Waals surface area (Å²) in [6.45, 7) is 3.71. The molecule has 0 heterocycles. The van der Waals surface area contributed by atoms with Crippen LogP contribution >= 0.6 is 7.82 Å². The Hall–Kier alpha value is -2.03. The second-order valence-electron chi connectivity index (χ2n) is 24.4. The van der Waals surface area contributed by atoms with Gasteiger partial charge in [-0.15, -0.1) is 0 Å². The Morgan fingerprint density at radius 2 is 0.663 bits per heavy atom. The highest BCUT2D eigenvalue weighted by Crippen LogP contribution is 2.43. The van der Waals surface area contributed by atoms with Crippen LogP contribution < -0.4 is 5.73 Å². The Morgan fingerprint density at radius 3 is 0.988 bits per heavy atom. The zero-order chi connectivity index (χ0) is 60.1. The molecule has 0 aromatic rings. The number of nitrogens with two attached hydrogens (primary N) is 1. The molecule has 0 rings (SSSR count). The number of carbonyl (C=O) groups is 2. The Kier molecular flexibility index (Phi) is 67.4. The molecule has 0 aliphatic heterocycles. The third-order valence-electron chi connectivity index (χ3n) is 16.2. The molecule has 0 aromatic heterocycles. The number of allylic oxidation sites excluding steroid dienone is 8. The molecule has 3 N–H and O–H groups in total. The van der Waals surface area contributed by atoms with E-state index in [1.54, 1.807) is 0 Å². The molecule has 0 spiro atoms. The predicted octanol–water partition coefficient (Wildman–Crippen LogP) is 23.6. The summed E-state index contributed by atoms with van der Waals surface area (Å²) in [5, 5.41) is 0. The zero-order valence-corrected chi connectivity index (χ0v) is 55.8. The minimum atomic E-state index is -4.39. The van der Waals surface area contributed by atoms with E-state index in [-0.39, 0.29) is 38.6 Å². The highest BCUT2D eigenvalue weighted by molar-refractivity contribution is 7.47. The molecule has 0 bridgehead atoms. The normalized spacial score (nSPS) is 13.2. The number of hydrogen-bond acceptors (Lipinski definition) is 8. The van der Waals surface area contributed by atoms with Crippen molar-refractivity contribution in [3.05, 3.63) is 48.6 Å². The second kappa shape index (κ2) is 69.1. The van der Waals surface area contributed by atoms with Gasteiger partial charge < -0.3 is 20.1 Å². The fourth-order valence-corrected chi connectivity index (χ4v) is 11.7. The van der Waals surface area contributed by atoms with E-state index in [1.807, 2.05) is 0 Å². The molecule has 0 amide bonds. The van der Waals surface area contributed by atoms with E-state index in [4.69, 9.17) is 24.3 Å². The molecule has 2 atom stereocenters. The molecule has 0 fully saturated rings. The van der Waals surface area contributed by atoms with E-state index in [2.05, 4.69) is 62.5 Å². The maximum atomic E-state index is 12.8. The smallest absolute Gasteiger partial charge is 0.462 e. The summed E-state index contributed by atoms with van der Waals surface area (Å²) in [6, 6.07) is 0. The molecular formula is C73H138NO8P. The second-order valence-corrected chi connectivity index (χ2v) is 25.9. The van der Waals surface area contributed by atoms with Crippen molar-refractivity contribution < 1.29 is 37.6 Å². The SMILES string of the molecule is CC/C=C\C/C=C\C/C=C\C/C=C\CCCCCCCCCCCCCCCCCCCCCCCCCCCCCCC(=O)OC(COC(=O)CCCCCCCCCCCCCCCCCCCCCCC)COP(=O)(O)OCCN. The molecule has 9 nitrogen and oxygen atoms in total. The summed E-state index contributed by atoms with van der Waals surface area (Å²) in [6.07, 6.45) is 88.0. The Balaban J connectivity index is 3.74. The van der Waals surface area contributed by atoms with Gasteiger partial charge in [0.15, 0.2) is 6.10 Å². The molecule has 488 valence electrons. The van der Waals surface area contributed by atoms with E-state index >= 15 is 0 Å². The molecule has 0 radical (unpaired) electrons. The Labute approximate surface area is 515 Å². The number of phosphoric acid groups is 1. The van der Waals surface area contributed by atoms with Crippen LogP contribution in [-0.4, -0.2) is 49.3 Å². The van der Waals surface area contributed by atoms with Gasteiger partial charge in [0.1, 0.15) is 6.61 Å². The molecular weight excluding hydrogens is 1050 g/mol. The molecule has 0 aromatic carbocycles. The number of esters is 2. The van der Waals surface area contributed by atoms with Crippen molar-refractivity contribution in [3.63, 3.8) is 0 Å². The number of ether oxygens (including phenoxy) is 2. The largest absolute Gasteiger partial charge is 0.472 e. The van der Waals surface area contributed by atoms with Crippen LogP contribution in [0.25, 0.3) is 0 Å². The molecule has 0 aliphatic rings. The monoisotopic (exact) mass is 1190 g/mol. The van der Waals surface area contributed by atoms with Gasteiger partial charge >= 0.3 is 19.8 Å². The standard InChI is InChI=1S/C73H138NO8P/c1-3-5-7-9-11-13-15-17-19-21-23-25-26-27-28-29-30-31-32-33-34-35-36-37-38-39-40-41-42-43-44-46-48-50-52-54-56-58-60-62-64-66-73(76)82-71(70-81-83(77,78)80-68-67-74)69-79-72(75)65-63-61-59-57-55-53-51-49-47-45-24-22-20-18-16-14-12-10-8-6-4-2/h5,7,11,13,17,19,23,25,71H,3-4,6,8-10,12,14-16,18,20-22,24,26-70,74H2,1-2H3,(H,77,78)/b7-5-,13-11-,19-17-,25-23-. The number of unbranched alkanes of at least 4 members (excludes halogenated alkanes) is 48. The first-order valence-electron chi connectivity index (χ1n) is 36.1. The lowest BCUT2D eigenvalue weighted by atomic mass is 10.0. The minimum absolute atomic E-state index is 0.0568. The first kappa shape index (κ1) is 81.0. The zero-order valence-electron chi connectivity index (χ0n) is 55.0. The lowest BCUT2D eigenvalue weighted by molar-refractivity contribution is -0.161. The van der Waals surface area contributed by atoms with Crippen LogP contribution in [0.4, 0.5) is 0 Å². The van der Waals surface area contributed by atoms with E-state index in [0.717, 1.165) is 57.8 Å². The maximum absolute atomic E-state index is 12.8. The Bertz CT molecular complexity index is 1500. The summed E-state index contributed by atoms with van der Waals surface area (Å²) >= 11 is 0. The van der Waals surface area contributed by atoms with Crippen LogP contribution in [0.3, 0.4) is 0 Å². The third-order valence-corrected chi connectivity index (χ3v) is 17.2. The Morgan fingerprint density at radius 1 is 0.373 bits per heavy atom. The topological polar surface area (TPSA) is 134 Å². The summed E-state index contributed by atoms with van der Waals surface area (Å²) in [7, 11) is -4.39. The van der Waals surface area contributed by atoms with E-state index < -0.39 is 26.5 Å². The minimum Gasteiger partial charge on any atom is -0.462 e. The van der Waals surface area contributed by atoms with Crippen molar-refractivity contribution in [2.75, 3.05) is 26.4 Å². The molecule has 2 unspecified atom stereocenters. The van der Waals surface area contributed by atoms with Crippen molar-refractivity contribution in [2.24, 2.45) is 5.73 Å². The van der Waals surface area contributed by atoms with Crippen molar-refractivity contribution in [3.8, 4) is 0 Å². The van der Waals surface area contributed by atoms with E-state index in [0.29, 0.717) is 6.42 Å². The van der Waals surface area contributed by atoms with Gasteiger partial charge in [-0.1, -0.05) is 358 Å². The van der Waals surface area contributed by atoms with Crippen LogP contribution in [0.2, 0.25) is 0 Å². The highest BCUT2D eigenvalue weighted by atomic mass is 31.2. The first-order valence-corrected chi connectivity index (χ1v) is 37.6. The predicted molar refractivity (Wildman–Crippen MR) is 358 cm³/mol. The van der Waals surface area contributed by atoms with Gasteiger partial charge in [-0.05, 0) is 51.4 Å². The molecule has 0 saturated heterocycles. The van der Waals surface area contributed by atoms with Crippen LogP contribution in [-0.2, 0) is 32.7 Å². The van der Waals surface area contributed by atoms with Crippen LogP contribution in [0, 0.1) is 0 Å². The molecule has 0 saturated carbocycles. The van der Waals surface area contributed by atoms with Crippen LogP contribution in [0.5, 0.6) is 0 Å². The summed E-state index contributed by atoms with van der Waals surface area (Å²) < 4.78 is 33.2. The van der Waals surface area contributed by atoms with Gasteiger partial charge in [-0.25, -0.2) is 4.57 Å². The van der Waals surface area contributed by atoms with E-state index in [9.17, 15) is 19.0 Å². The highest BCUT2D eigenvalue weighted by Gasteiger charge is 2.26. The number of phosphoric ester groups is 1. The van der Waals surface area contributed by atoms with Gasteiger partial charge in [0.05, 0.1) is 13.2 Å².